The van der Waals surface area contributed by atoms with E-state index in [0.29, 0.717) is 31.5 Å². The van der Waals surface area contributed by atoms with Crippen molar-refractivity contribution in [2.45, 2.75) is 50.9 Å². The number of guanidine groups is 1. The predicted molar refractivity (Wildman–Crippen MR) is 110 cm³/mol. The molecule has 0 aromatic carbocycles. The molecule has 1 heterocycles. The van der Waals surface area contributed by atoms with Crippen molar-refractivity contribution in [3.8, 4) is 0 Å². The zero-order valence-electron chi connectivity index (χ0n) is 16.0. The summed E-state index contributed by atoms with van der Waals surface area (Å²) in [6.07, 6.45) is -2.33. The minimum Gasteiger partial charge on any atom is -0.357 e. The van der Waals surface area contributed by atoms with Gasteiger partial charge in [-0.05, 0) is 40.3 Å². The topological polar surface area (TPSA) is 42.9 Å². The number of likely N-dealkylation sites (N-methyl/N-ethyl adjacent to an activating group) is 2. The van der Waals surface area contributed by atoms with Crippen LogP contribution in [0.2, 0.25) is 0 Å². The lowest BCUT2D eigenvalue weighted by Crippen LogP contribution is -2.52. The predicted octanol–water partition coefficient (Wildman–Crippen LogP) is 2.53. The van der Waals surface area contributed by atoms with Gasteiger partial charge >= 0.3 is 6.18 Å². The van der Waals surface area contributed by atoms with Crippen LogP contribution in [-0.4, -0.2) is 80.8 Å². The van der Waals surface area contributed by atoms with E-state index in [9.17, 15) is 13.2 Å². The third-order valence-corrected chi connectivity index (χ3v) is 5.26. The summed E-state index contributed by atoms with van der Waals surface area (Å²) in [5, 5.41) is 6.41. The van der Waals surface area contributed by atoms with Crippen molar-refractivity contribution in [1.29, 1.82) is 0 Å². The summed E-state index contributed by atoms with van der Waals surface area (Å²) < 4.78 is 39.0. The molecule has 2 fully saturated rings. The van der Waals surface area contributed by atoms with E-state index < -0.39 is 12.1 Å². The van der Waals surface area contributed by atoms with Crippen LogP contribution in [0.25, 0.3) is 0 Å². The first kappa shape index (κ1) is 23.7. The first-order valence-corrected chi connectivity index (χ1v) is 9.30. The Bertz CT molecular complexity index is 447. The summed E-state index contributed by atoms with van der Waals surface area (Å²) >= 11 is 0. The average Bonchev–Trinajstić information content (AvgIpc) is 2.55. The summed E-state index contributed by atoms with van der Waals surface area (Å²) in [5.41, 5.74) is 0. The molecular formula is C17H33F3IN5. The molecule has 0 aromatic heterocycles. The summed E-state index contributed by atoms with van der Waals surface area (Å²) in [7, 11) is 4.20. The molecule has 0 amide bonds. The van der Waals surface area contributed by atoms with Crippen LogP contribution >= 0.6 is 24.0 Å². The van der Waals surface area contributed by atoms with Gasteiger partial charge in [0.05, 0.1) is 12.5 Å². The van der Waals surface area contributed by atoms with E-state index in [-0.39, 0.29) is 42.9 Å². The maximum absolute atomic E-state index is 13.0. The highest BCUT2D eigenvalue weighted by atomic mass is 127. The van der Waals surface area contributed by atoms with Gasteiger partial charge in [-0.25, -0.2) is 0 Å². The Hall–Kier alpha value is -0.290. The molecule has 9 heteroatoms. The number of nitrogens with zero attached hydrogens (tertiary/aromatic N) is 3. The summed E-state index contributed by atoms with van der Waals surface area (Å²) in [6, 6.07) is 0.174. The highest BCUT2D eigenvalue weighted by Gasteiger charge is 2.42. The van der Waals surface area contributed by atoms with E-state index in [1.807, 2.05) is 6.92 Å². The molecule has 5 nitrogen and oxygen atoms in total. The van der Waals surface area contributed by atoms with Crippen LogP contribution in [-0.2, 0) is 0 Å². The Balaban J connectivity index is 0.00000338. The number of alkyl halides is 3. The molecule has 2 aliphatic rings. The fourth-order valence-electron chi connectivity index (χ4n) is 3.63. The molecule has 1 aliphatic carbocycles. The molecule has 154 valence electrons. The standard InChI is InChI=1S/C17H32F3N5.HI/c1-4-21-16(22-11-15-12-24(2)8-9-25(15)3)23-14-7-5-6-13(10-14)17(18,19)20;/h13-15H,4-12H2,1-3H3,(H2,21,22,23);1H. The van der Waals surface area contributed by atoms with E-state index in [4.69, 9.17) is 0 Å². The van der Waals surface area contributed by atoms with E-state index in [2.05, 4.69) is 39.5 Å². The van der Waals surface area contributed by atoms with Crippen molar-refractivity contribution >= 4 is 29.9 Å². The zero-order valence-corrected chi connectivity index (χ0v) is 18.3. The van der Waals surface area contributed by atoms with Gasteiger partial charge in [0.1, 0.15) is 0 Å². The highest BCUT2D eigenvalue weighted by Crippen LogP contribution is 2.37. The van der Waals surface area contributed by atoms with E-state index in [1.165, 1.54) is 0 Å². The molecule has 1 saturated heterocycles. The minimum absolute atomic E-state index is 0. The molecule has 3 unspecified atom stereocenters. The van der Waals surface area contributed by atoms with Gasteiger partial charge in [0.25, 0.3) is 0 Å². The van der Waals surface area contributed by atoms with Gasteiger partial charge in [0, 0.05) is 38.3 Å². The number of aliphatic imine (C=N–C) groups is 1. The van der Waals surface area contributed by atoms with Gasteiger partial charge in [-0.1, -0.05) is 6.42 Å². The van der Waals surface area contributed by atoms with Crippen LogP contribution in [0.3, 0.4) is 0 Å². The SMILES string of the molecule is CCNC(=NCC1CN(C)CCN1C)NC1CCCC(C(F)(F)F)C1.I. The first-order chi connectivity index (χ1) is 11.8. The van der Waals surface area contributed by atoms with Crippen LogP contribution in [0, 0.1) is 5.92 Å². The second kappa shape index (κ2) is 10.9. The maximum Gasteiger partial charge on any atom is 0.391 e. The van der Waals surface area contributed by atoms with Gasteiger partial charge in [0.15, 0.2) is 5.96 Å². The minimum atomic E-state index is -4.09. The fourth-order valence-corrected chi connectivity index (χ4v) is 3.63. The van der Waals surface area contributed by atoms with Gasteiger partial charge in [0.2, 0.25) is 0 Å². The summed E-state index contributed by atoms with van der Waals surface area (Å²) in [5.74, 6) is -0.559. The van der Waals surface area contributed by atoms with Gasteiger partial charge in [-0.15, -0.1) is 24.0 Å². The quantitative estimate of drug-likeness (QED) is 0.361. The molecule has 2 rings (SSSR count). The monoisotopic (exact) mass is 491 g/mol. The lowest BCUT2D eigenvalue weighted by molar-refractivity contribution is -0.183. The van der Waals surface area contributed by atoms with Crippen molar-refractivity contribution < 1.29 is 13.2 Å². The smallest absolute Gasteiger partial charge is 0.357 e. The van der Waals surface area contributed by atoms with Crippen LogP contribution in [0.15, 0.2) is 4.99 Å². The number of hydrogen-bond acceptors (Lipinski definition) is 3. The van der Waals surface area contributed by atoms with E-state index in [0.717, 1.165) is 26.1 Å². The Kier molecular flexibility index (Phi) is 9.95. The maximum atomic E-state index is 13.0. The lowest BCUT2D eigenvalue weighted by Gasteiger charge is -2.37. The Labute approximate surface area is 172 Å². The average molecular weight is 491 g/mol. The zero-order chi connectivity index (χ0) is 18.4. The molecule has 1 saturated carbocycles. The molecule has 2 N–H and O–H groups in total. The second-order valence-electron chi connectivity index (χ2n) is 7.36. The van der Waals surface area contributed by atoms with E-state index >= 15 is 0 Å². The van der Waals surface area contributed by atoms with Crippen LogP contribution in [0.5, 0.6) is 0 Å². The Morgan fingerprint density at radius 2 is 1.92 bits per heavy atom. The Morgan fingerprint density at radius 1 is 1.19 bits per heavy atom. The number of nitrogens with one attached hydrogen (secondary N) is 2. The number of piperazine rings is 1. The molecule has 0 radical (unpaired) electrons. The number of rotatable bonds is 4. The largest absolute Gasteiger partial charge is 0.391 e. The van der Waals surface area contributed by atoms with Gasteiger partial charge in [-0.3, -0.25) is 9.89 Å². The second-order valence-corrected chi connectivity index (χ2v) is 7.36. The molecule has 1 aliphatic heterocycles. The van der Waals surface area contributed by atoms with Crippen molar-refractivity contribution in [2.75, 3.05) is 46.8 Å². The molecule has 26 heavy (non-hydrogen) atoms. The lowest BCUT2D eigenvalue weighted by atomic mass is 9.85. The van der Waals surface area contributed by atoms with Gasteiger partial charge in [-0.2, -0.15) is 13.2 Å². The van der Waals surface area contributed by atoms with Crippen molar-refractivity contribution in [3.63, 3.8) is 0 Å². The summed E-state index contributed by atoms with van der Waals surface area (Å²) in [4.78, 5) is 9.23. The van der Waals surface area contributed by atoms with Gasteiger partial charge < -0.3 is 15.5 Å². The number of halogens is 4. The molecule has 0 aromatic rings. The summed E-state index contributed by atoms with van der Waals surface area (Å²) in [6.45, 7) is 6.33. The fraction of sp³-hybridized carbons (Fsp3) is 0.941. The van der Waals surface area contributed by atoms with Crippen LogP contribution in [0.1, 0.15) is 32.6 Å². The van der Waals surface area contributed by atoms with Crippen molar-refractivity contribution in [3.05, 3.63) is 0 Å². The molecule has 3 atom stereocenters. The highest BCUT2D eigenvalue weighted by molar-refractivity contribution is 14.0. The third kappa shape index (κ3) is 7.38. The molecule has 0 spiro atoms. The number of hydrogen-bond donors (Lipinski definition) is 2. The molecular weight excluding hydrogens is 458 g/mol. The normalized spacial score (nSPS) is 29.2. The van der Waals surface area contributed by atoms with Crippen LogP contribution < -0.4 is 10.6 Å². The van der Waals surface area contributed by atoms with Crippen molar-refractivity contribution in [1.82, 2.24) is 20.4 Å². The van der Waals surface area contributed by atoms with E-state index in [1.54, 1.807) is 0 Å². The van der Waals surface area contributed by atoms with Crippen LogP contribution in [0.4, 0.5) is 13.2 Å². The molecule has 0 bridgehead atoms. The van der Waals surface area contributed by atoms with Crippen molar-refractivity contribution in [2.24, 2.45) is 10.9 Å². The Morgan fingerprint density at radius 3 is 2.58 bits per heavy atom. The first-order valence-electron chi connectivity index (χ1n) is 9.30. The third-order valence-electron chi connectivity index (χ3n) is 5.26.